The van der Waals surface area contributed by atoms with Gasteiger partial charge in [-0.1, -0.05) is 0 Å². The SMILES string of the molecule is [c]1c2c(cc3c1OCC3)OCC2. The van der Waals surface area contributed by atoms with Crippen molar-refractivity contribution in [2.45, 2.75) is 12.8 Å². The van der Waals surface area contributed by atoms with Crippen molar-refractivity contribution in [2.75, 3.05) is 13.2 Å². The van der Waals surface area contributed by atoms with E-state index >= 15 is 0 Å². The summed E-state index contributed by atoms with van der Waals surface area (Å²) in [5.74, 6) is 1.96. The van der Waals surface area contributed by atoms with Gasteiger partial charge in [0.05, 0.1) is 13.2 Å². The zero-order valence-corrected chi connectivity index (χ0v) is 6.72. The van der Waals surface area contributed by atoms with E-state index in [1.807, 2.05) is 0 Å². The van der Waals surface area contributed by atoms with E-state index in [0.717, 1.165) is 37.6 Å². The Kier molecular flexibility index (Phi) is 1.14. The molecule has 0 atom stereocenters. The Labute approximate surface area is 71.1 Å². The summed E-state index contributed by atoms with van der Waals surface area (Å²) in [5, 5.41) is 0. The molecule has 0 fully saturated rings. The molecule has 0 bridgehead atoms. The van der Waals surface area contributed by atoms with Gasteiger partial charge in [-0.15, -0.1) is 0 Å². The maximum absolute atomic E-state index is 5.44. The minimum Gasteiger partial charge on any atom is -0.493 e. The van der Waals surface area contributed by atoms with Crippen LogP contribution in [0.1, 0.15) is 11.1 Å². The molecule has 0 saturated heterocycles. The van der Waals surface area contributed by atoms with E-state index in [1.165, 1.54) is 11.1 Å². The molecule has 2 heteroatoms. The topological polar surface area (TPSA) is 18.5 Å². The van der Waals surface area contributed by atoms with Crippen LogP contribution in [0.25, 0.3) is 0 Å². The molecule has 2 aliphatic heterocycles. The third-order valence-corrected chi connectivity index (χ3v) is 2.39. The average Bonchev–Trinajstić information content (AvgIpc) is 2.64. The maximum atomic E-state index is 5.44. The monoisotopic (exact) mass is 161 g/mol. The molecule has 0 N–H and O–H groups in total. The molecule has 0 spiro atoms. The molecule has 0 saturated carbocycles. The van der Waals surface area contributed by atoms with Crippen LogP contribution in [-0.2, 0) is 12.8 Å². The molecule has 1 aromatic carbocycles. The fourth-order valence-corrected chi connectivity index (χ4v) is 1.74. The van der Waals surface area contributed by atoms with E-state index in [2.05, 4.69) is 12.1 Å². The average molecular weight is 161 g/mol. The third-order valence-electron chi connectivity index (χ3n) is 2.39. The van der Waals surface area contributed by atoms with Gasteiger partial charge in [0, 0.05) is 30.0 Å². The van der Waals surface area contributed by atoms with Crippen LogP contribution in [-0.4, -0.2) is 13.2 Å². The number of hydrogen-bond acceptors (Lipinski definition) is 2. The Bertz CT molecular complexity index is 271. The molecule has 0 unspecified atom stereocenters. The lowest BCUT2D eigenvalue weighted by Gasteiger charge is -2.01. The summed E-state index contributed by atoms with van der Waals surface area (Å²) in [6, 6.07) is 5.36. The van der Waals surface area contributed by atoms with Crippen molar-refractivity contribution in [2.24, 2.45) is 0 Å². The fourth-order valence-electron chi connectivity index (χ4n) is 1.74. The van der Waals surface area contributed by atoms with E-state index < -0.39 is 0 Å². The predicted octanol–water partition coefficient (Wildman–Crippen LogP) is 1.36. The molecule has 1 radical (unpaired) electrons. The van der Waals surface area contributed by atoms with Crippen LogP contribution in [0, 0.1) is 6.07 Å². The van der Waals surface area contributed by atoms with Gasteiger partial charge < -0.3 is 9.47 Å². The highest BCUT2D eigenvalue weighted by atomic mass is 16.5. The Morgan fingerprint density at radius 2 is 2.08 bits per heavy atom. The first-order chi connectivity index (χ1) is 5.93. The van der Waals surface area contributed by atoms with Crippen molar-refractivity contribution < 1.29 is 9.47 Å². The number of rotatable bonds is 0. The number of ether oxygens (including phenoxy) is 2. The summed E-state index contributed by atoms with van der Waals surface area (Å²) < 4.78 is 10.8. The van der Waals surface area contributed by atoms with Crippen LogP contribution in [0.5, 0.6) is 11.5 Å². The highest BCUT2D eigenvalue weighted by Gasteiger charge is 2.20. The second kappa shape index (κ2) is 2.16. The van der Waals surface area contributed by atoms with Gasteiger partial charge in [0.2, 0.25) is 0 Å². The molecule has 12 heavy (non-hydrogen) atoms. The van der Waals surface area contributed by atoms with Crippen LogP contribution < -0.4 is 9.47 Å². The summed E-state index contributed by atoms with van der Waals surface area (Å²) >= 11 is 0. The van der Waals surface area contributed by atoms with Crippen LogP contribution in [0.2, 0.25) is 0 Å². The number of fused-ring (bicyclic) bond motifs is 2. The van der Waals surface area contributed by atoms with E-state index in [1.54, 1.807) is 0 Å². The Morgan fingerprint density at radius 3 is 3.08 bits per heavy atom. The van der Waals surface area contributed by atoms with Crippen molar-refractivity contribution in [3.05, 3.63) is 23.3 Å². The lowest BCUT2D eigenvalue weighted by Crippen LogP contribution is -1.88. The standard InChI is InChI=1S/C10H9O2/c1-3-11-9-6-8-2-4-12-10(8)5-7(1)9/h5H,1-4H2. The van der Waals surface area contributed by atoms with Crippen LogP contribution >= 0.6 is 0 Å². The first-order valence-electron chi connectivity index (χ1n) is 4.27. The van der Waals surface area contributed by atoms with Gasteiger partial charge in [-0.25, -0.2) is 0 Å². The molecule has 2 heterocycles. The minimum absolute atomic E-state index is 0.800. The van der Waals surface area contributed by atoms with Gasteiger partial charge in [-0.3, -0.25) is 0 Å². The molecule has 0 aliphatic carbocycles. The second-order valence-corrected chi connectivity index (χ2v) is 3.16. The van der Waals surface area contributed by atoms with E-state index in [0.29, 0.717) is 0 Å². The number of hydrogen-bond donors (Lipinski definition) is 0. The Balaban J connectivity index is 2.18. The molecule has 2 aliphatic rings. The zero-order valence-electron chi connectivity index (χ0n) is 6.72. The summed E-state index contributed by atoms with van der Waals surface area (Å²) in [6.45, 7) is 1.60. The van der Waals surface area contributed by atoms with Crippen molar-refractivity contribution >= 4 is 0 Å². The summed E-state index contributed by atoms with van der Waals surface area (Å²) in [7, 11) is 0. The van der Waals surface area contributed by atoms with Gasteiger partial charge in [0.25, 0.3) is 0 Å². The number of benzene rings is 1. The van der Waals surface area contributed by atoms with E-state index in [4.69, 9.17) is 9.47 Å². The van der Waals surface area contributed by atoms with Crippen molar-refractivity contribution in [3.63, 3.8) is 0 Å². The first-order valence-corrected chi connectivity index (χ1v) is 4.27. The predicted molar refractivity (Wildman–Crippen MR) is 43.7 cm³/mol. The van der Waals surface area contributed by atoms with Crippen LogP contribution in [0.15, 0.2) is 6.07 Å². The van der Waals surface area contributed by atoms with Crippen molar-refractivity contribution in [1.29, 1.82) is 0 Å². The molecule has 1 aromatic rings. The largest absolute Gasteiger partial charge is 0.493 e. The molecule has 0 amide bonds. The van der Waals surface area contributed by atoms with Gasteiger partial charge in [0.15, 0.2) is 0 Å². The molecule has 2 nitrogen and oxygen atoms in total. The van der Waals surface area contributed by atoms with E-state index in [9.17, 15) is 0 Å². The Hall–Kier alpha value is -1.18. The zero-order chi connectivity index (χ0) is 7.97. The van der Waals surface area contributed by atoms with Gasteiger partial charge in [-0.2, -0.15) is 0 Å². The van der Waals surface area contributed by atoms with Crippen LogP contribution in [0.3, 0.4) is 0 Å². The van der Waals surface area contributed by atoms with Gasteiger partial charge in [-0.05, 0) is 6.07 Å². The lowest BCUT2D eigenvalue weighted by atomic mass is 10.1. The summed E-state index contributed by atoms with van der Waals surface area (Å²) in [6.07, 6.45) is 1.98. The molecule has 0 aromatic heterocycles. The smallest absolute Gasteiger partial charge is 0.131 e. The van der Waals surface area contributed by atoms with Crippen molar-refractivity contribution in [1.82, 2.24) is 0 Å². The molecule has 61 valence electrons. The summed E-state index contributed by atoms with van der Waals surface area (Å²) in [4.78, 5) is 0. The van der Waals surface area contributed by atoms with Gasteiger partial charge >= 0.3 is 0 Å². The summed E-state index contributed by atoms with van der Waals surface area (Å²) in [5.41, 5.74) is 2.42. The molecular formula is C10H9O2. The Morgan fingerprint density at radius 1 is 1.17 bits per heavy atom. The third kappa shape index (κ3) is 0.750. The molecular weight excluding hydrogens is 152 g/mol. The van der Waals surface area contributed by atoms with Crippen molar-refractivity contribution in [3.8, 4) is 11.5 Å². The normalized spacial score (nSPS) is 18.0. The quantitative estimate of drug-likeness (QED) is 0.572. The highest BCUT2D eigenvalue weighted by Crippen LogP contribution is 2.34. The maximum Gasteiger partial charge on any atom is 0.131 e. The van der Waals surface area contributed by atoms with Gasteiger partial charge in [0.1, 0.15) is 11.5 Å². The second-order valence-electron chi connectivity index (χ2n) is 3.16. The molecule has 3 rings (SSSR count). The minimum atomic E-state index is 0.800. The van der Waals surface area contributed by atoms with E-state index in [-0.39, 0.29) is 0 Å². The highest BCUT2D eigenvalue weighted by molar-refractivity contribution is 5.48. The lowest BCUT2D eigenvalue weighted by molar-refractivity contribution is 0.355. The fraction of sp³-hybridized carbons (Fsp3) is 0.400. The first kappa shape index (κ1) is 6.35. The van der Waals surface area contributed by atoms with Crippen LogP contribution in [0.4, 0.5) is 0 Å².